The Kier molecular flexibility index (Phi) is 5.94. The fourth-order valence-corrected chi connectivity index (χ4v) is 4.47. The molecule has 7 heteroatoms. The molecule has 2 heterocycles. The summed E-state index contributed by atoms with van der Waals surface area (Å²) in [5.74, 6) is 0.489. The Bertz CT molecular complexity index is 1360. The maximum Gasteiger partial charge on any atom is 0.258 e. The van der Waals surface area contributed by atoms with E-state index in [9.17, 15) is 4.39 Å². The summed E-state index contributed by atoms with van der Waals surface area (Å²) < 4.78 is 19.1. The minimum Gasteiger partial charge on any atom is -0.351 e. The molecule has 1 N–H and O–H groups in total. The van der Waals surface area contributed by atoms with Gasteiger partial charge in [0.15, 0.2) is 5.11 Å². The van der Waals surface area contributed by atoms with Crippen molar-refractivity contribution in [1.29, 1.82) is 0 Å². The molecular weight excluding hydrogens is 447 g/mol. The van der Waals surface area contributed by atoms with Crippen LogP contribution in [0.4, 0.5) is 4.39 Å². The predicted molar refractivity (Wildman–Crippen MR) is 134 cm³/mol. The average Bonchev–Trinajstić information content (AvgIpc) is 3.33. The van der Waals surface area contributed by atoms with Gasteiger partial charge in [0.2, 0.25) is 5.82 Å². The zero-order valence-corrected chi connectivity index (χ0v) is 19.6. The summed E-state index contributed by atoms with van der Waals surface area (Å²) in [6, 6.07) is 24.1. The lowest BCUT2D eigenvalue weighted by Crippen LogP contribution is -2.45. The quantitative estimate of drug-likeness (QED) is 0.359. The first-order valence-electron chi connectivity index (χ1n) is 11.0. The number of aryl methyl sites for hydroxylation is 1. The van der Waals surface area contributed by atoms with Crippen molar-refractivity contribution >= 4 is 22.9 Å². The zero-order valence-electron chi connectivity index (χ0n) is 18.8. The molecule has 0 radical (unpaired) electrons. The second kappa shape index (κ2) is 9.19. The van der Waals surface area contributed by atoms with E-state index in [-0.39, 0.29) is 11.9 Å². The molecule has 1 unspecified atom stereocenters. The highest BCUT2D eigenvalue weighted by atomic mass is 32.1. The highest BCUT2D eigenvalue weighted by Gasteiger charge is 2.34. The van der Waals surface area contributed by atoms with E-state index in [1.807, 2.05) is 49.4 Å². The van der Waals surface area contributed by atoms with Crippen molar-refractivity contribution in [2.24, 2.45) is 0 Å². The van der Waals surface area contributed by atoms with Gasteiger partial charge in [-0.1, -0.05) is 59.8 Å². The van der Waals surface area contributed by atoms with Crippen molar-refractivity contribution in [3.63, 3.8) is 0 Å². The highest BCUT2D eigenvalue weighted by molar-refractivity contribution is 7.80. The first-order valence-corrected chi connectivity index (χ1v) is 11.4. The molecule has 1 atom stereocenters. The molecule has 0 saturated heterocycles. The van der Waals surface area contributed by atoms with Crippen molar-refractivity contribution in [3.8, 4) is 11.4 Å². The number of rotatable bonds is 5. The molecule has 0 fully saturated rings. The van der Waals surface area contributed by atoms with Crippen LogP contribution in [0.2, 0.25) is 0 Å². The molecule has 5 nitrogen and oxygen atoms in total. The summed E-state index contributed by atoms with van der Waals surface area (Å²) >= 11 is 5.80. The third kappa shape index (κ3) is 4.22. The summed E-state index contributed by atoms with van der Waals surface area (Å²) in [6.45, 7) is 4.74. The van der Waals surface area contributed by atoms with E-state index < -0.39 is 0 Å². The summed E-state index contributed by atoms with van der Waals surface area (Å²) in [7, 11) is 0. The number of benzene rings is 3. The smallest absolute Gasteiger partial charge is 0.258 e. The number of hydrogen-bond donors (Lipinski definition) is 1. The monoisotopic (exact) mass is 470 g/mol. The molecule has 5 rings (SSSR count). The molecule has 1 aliphatic rings. The van der Waals surface area contributed by atoms with Gasteiger partial charge >= 0.3 is 0 Å². The van der Waals surface area contributed by atoms with Crippen LogP contribution in [0.15, 0.2) is 89.1 Å². The lowest BCUT2D eigenvalue weighted by molar-refractivity contribution is 0.396. The maximum absolute atomic E-state index is 13.4. The van der Waals surface area contributed by atoms with Gasteiger partial charge in [-0.25, -0.2) is 4.39 Å². The summed E-state index contributed by atoms with van der Waals surface area (Å²) in [5, 5.41) is 8.29. The van der Waals surface area contributed by atoms with E-state index >= 15 is 0 Å². The van der Waals surface area contributed by atoms with Crippen LogP contribution in [0.5, 0.6) is 0 Å². The molecule has 0 spiro atoms. The maximum atomic E-state index is 13.4. The Balaban J connectivity index is 1.60. The van der Waals surface area contributed by atoms with Gasteiger partial charge < -0.3 is 14.7 Å². The van der Waals surface area contributed by atoms with Crippen molar-refractivity contribution in [1.82, 2.24) is 20.4 Å². The van der Waals surface area contributed by atoms with Gasteiger partial charge in [-0.05, 0) is 67.0 Å². The average molecular weight is 471 g/mol. The first-order chi connectivity index (χ1) is 16.5. The molecule has 170 valence electrons. The van der Waals surface area contributed by atoms with Crippen LogP contribution in [-0.2, 0) is 6.54 Å². The van der Waals surface area contributed by atoms with Crippen LogP contribution in [0.3, 0.4) is 0 Å². The minimum absolute atomic E-state index is 0.247. The number of nitrogens with zero attached hydrogens (tertiary/aromatic N) is 3. The number of halogens is 1. The van der Waals surface area contributed by atoms with Crippen molar-refractivity contribution in [2.75, 3.05) is 0 Å². The largest absolute Gasteiger partial charge is 0.351 e. The van der Waals surface area contributed by atoms with Crippen LogP contribution in [0.25, 0.3) is 17.0 Å². The Morgan fingerprint density at radius 2 is 1.68 bits per heavy atom. The van der Waals surface area contributed by atoms with Gasteiger partial charge in [0, 0.05) is 11.3 Å². The number of allylic oxidation sites excluding steroid dienone is 1. The zero-order chi connectivity index (χ0) is 23.7. The molecule has 34 heavy (non-hydrogen) atoms. The van der Waals surface area contributed by atoms with E-state index in [1.165, 1.54) is 23.3 Å². The van der Waals surface area contributed by atoms with E-state index in [2.05, 4.69) is 39.4 Å². The van der Waals surface area contributed by atoms with Gasteiger partial charge in [-0.3, -0.25) is 0 Å². The first kappa shape index (κ1) is 22.0. The molecule has 0 amide bonds. The van der Waals surface area contributed by atoms with E-state index in [1.54, 1.807) is 12.1 Å². The SMILES string of the molecule is CC1=C(c2nc(-c3ccc(F)cc3)no2)C(c2ccccc2)NC(=S)N1Cc1ccccc1C. The molecule has 0 aliphatic carbocycles. The van der Waals surface area contributed by atoms with E-state index in [4.69, 9.17) is 16.7 Å². The standard InChI is InChI=1S/C27H23FN4OS/c1-17-8-6-7-11-21(17)16-32-18(2)23(24(29-27(32)34)19-9-4-3-5-10-19)26-30-25(31-33-26)20-12-14-22(28)15-13-20/h3-15,24H,16H2,1-2H3,(H,29,34). The summed E-state index contributed by atoms with van der Waals surface area (Å²) in [4.78, 5) is 6.74. The molecule has 3 aromatic carbocycles. The van der Waals surface area contributed by atoms with Crippen LogP contribution in [-0.4, -0.2) is 20.2 Å². The Labute approximate surface area is 202 Å². The predicted octanol–water partition coefficient (Wildman–Crippen LogP) is 6.05. The van der Waals surface area contributed by atoms with Gasteiger partial charge in [0.1, 0.15) is 5.82 Å². The third-order valence-corrected chi connectivity index (χ3v) is 6.42. The summed E-state index contributed by atoms with van der Waals surface area (Å²) in [5.41, 5.74) is 5.89. The Hall–Kier alpha value is -3.84. The molecule has 0 saturated carbocycles. The topological polar surface area (TPSA) is 54.2 Å². The van der Waals surface area contributed by atoms with Crippen LogP contribution < -0.4 is 5.32 Å². The molecule has 1 aromatic heterocycles. The van der Waals surface area contributed by atoms with Crippen LogP contribution in [0.1, 0.15) is 35.5 Å². The van der Waals surface area contributed by atoms with Gasteiger partial charge in [0.05, 0.1) is 18.2 Å². The van der Waals surface area contributed by atoms with E-state index in [0.717, 1.165) is 16.8 Å². The number of nitrogens with one attached hydrogen (secondary N) is 1. The van der Waals surface area contributed by atoms with Crippen LogP contribution >= 0.6 is 12.2 Å². The van der Waals surface area contributed by atoms with Gasteiger partial charge in [-0.2, -0.15) is 4.98 Å². The fraction of sp³-hybridized carbons (Fsp3) is 0.148. The fourth-order valence-electron chi connectivity index (χ4n) is 4.15. The lowest BCUT2D eigenvalue weighted by Gasteiger charge is -2.37. The highest BCUT2D eigenvalue weighted by Crippen LogP contribution is 2.38. The van der Waals surface area contributed by atoms with Gasteiger partial charge in [0.25, 0.3) is 5.89 Å². The third-order valence-electron chi connectivity index (χ3n) is 6.08. The normalized spacial score (nSPS) is 16.0. The second-order valence-electron chi connectivity index (χ2n) is 8.23. The number of thiocarbonyl (C=S) groups is 1. The van der Waals surface area contributed by atoms with E-state index in [0.29, 0.717) is 28.9 Å². The second-order valence-corrected chi connectivity index (χ2v) is 8.62. The molecular formula is C27H23FN4OS. The van der Waals surface area contributed by atoms with Crippen molar-refractivity contribution in [2.45, 2.75) is 26.4 Å². The Morgan fingerprint density at radius 3 is 2.41 bits per heavy atom. The summed E-state index contributed by atoms with van der Waals surface area (Å²) in [6.07, 6.45) is 0. The van der Waals surface area contributed by atoms with Crippen LogP contribution in [0, 0.1) is 12.7 Å². The lowest BCUT2D eigenvalue weighted by atomic mass is 9.94. The number of hydrogen-bond acceptors (Lipinski definition) is 4. The molecule has 1 aliphatic heterocycles. The minimum atomic E-state index is -0.313. The molecule has 4 aromatic rings. The van der Waals surface area contributed by atoms with Crippen molar-refractivity contribution < 1.29 is 8.91 Å². The van der Waals surface area contributed by atoms with Crippen molar-refractivity contribution in [3.05, 3.63) is 113 Å². The number of aromatic nitrogens is 2. The van der Waals surface area contributed by atoms with Gasteiger partial charge in [-0.15, -0.1) is 0 Å². The molecule has 0 bridgehead atoms. The Morgan fingerprint density at radius 1 is 0.971 bits per heavy atom.